The van der Waals surface area contributed by atoms with Crippen LogP contribution in [0.1, 0.15) is 60.1 Å². The number of aliphatic hydroxyl groups is 1. The van der Waals surface area contributed by atoms with Crippen LogP contribution in [0.3, 0.4) is 0 Å². The number of nitrogens with one attached hydrogen (secondary N) is 1. The molecule has 0 aromatic carbocycles. The van der Waals surface area contributed by atoms with E-state index in [1.807, 2.05) is 11.3 Å². The van der Waals surface area contributed by atoms with Gasteiger partial charge in [-0.25, -0.2) is 4.98 Å². The van der Waals surface area contributed by atoms with Crippen molar-refractivity contribution in [2.24, 2.45) is 5.92 Å². The summed E-state index contributed by atoms with van der Waals surface area (Å²) in [5.41, 5.74) is 1.32. The molecule has 1 saturated carbocycles. The summed E-state index contributed by atoms with van der Waals surface area (Å²) in [4.78, 5) is 6.13. The molecule has 19 heavy (non-hydrogen) atoms. The van der Waals surface area contributed by atoms with Crippen molar-refractivity contribution in [3.8, 4) is 0 Å². The summed E-state index contributed by atoms with van der Waals surface area (Å²) in [6.07, 6.45) is 8.58. The van der Waals surface area contributed by atoms with Gasteiger partial charge in [-0.05, 0) is 44.9 Å². The third-order valence-corrected chi connectivity index (χ3v) is 5.74. The number of thiazole rings is 1. The molecule has 1 aromatic heterocycles. The molecule has 1 heterocycles. The lowest BCUT2D eigenvalue weighted by Gasteiger charge is -2.35. The van der Waals surface area contributed by atoms with E-state index in [-0.39, 0.29) is 0 Å². The van der Waals surface area contributed by atoms with Crippen molar-refractivity contribution in [1.29, 1.82) is 0 Å². The van der Waals surface area contributed by atoms with E-state index in [9.17, 15) is 5.11 Å². The predicted molar refractivity (Wildman–Crippen MR) is 78.5 cm³/mol. The molecule has 0 radical (unpaired) electrons. The smallest absolute Gasteiger partial charge is 0.0900 e. The minimum atomic E-state index is 0.332. The maximum Gasteiger partial charge on any atom is 0.0900 e. The SMILES string of the molecule is Cc1nc2c(s1)C(NC1CCCCC1CO)CCC2. The normalized spacial score (nSPS) is 31.2. The molecule has 0 amide bonds. The maximum atomic E-state index is 9.54. The molecule has 3 atom stereocenters. The fourth-order valence-corrected chi connectivity index (χ4v) is 4.67. The van der Waals surface area contributed by atoms with Gasteiger partial charge >= 0.3 is 0 Å². The van der Waals surface area contributed by atoms with E-state index in [1.54, 1.807) is 0 Å². The topological polar surface area (TPSA) is 45.2 Å². The minimum Gasteiger partial charge on any atom is -0.396 e. The van der Waals surface area contributed by atoms with Crippen molar-refractivity contribution >= 4 is 11.3 Å². The molecule has 3 rings (SSSR count). The Kier molecular flexibility index (Phi) is 4.20. The quantitative estimate of drug-likeness (QED) is 0.894. The van der Waals surface area contributed by atoms with Crippen LogP contribution in [-0.2, 0) is 6.42 Å². The zero-order valence-electron chi connectivity index (χ0n) is 11.7. The standard InChI is InChI=1S/C15H24N2OS/c1-10-16-13-7-4-8-14(15(13)19-10)17-12-6-3-2-5-11(12)9-18/h11-12,14,17-18H,2-9H2,1H3. The van der Waals surface area contributed by atoms with Gasteiger partial charge in [0.1, 0.15) is 0 Å². The molecular formula is C15H24N2OS. The van der Waals surface area contributed by atoms with E-state index in [0.29, 0.717) is 24.6 Å². The minimum absolute atomic E-state index is 0.332. The van der Waals surface area contributed by atoms with Crippen LogP contribution in [0.2, 0.25) is 0 Å². The first-order valence-electron chi connectivity index (χ1n) is 7.61. The Balaban J connectivity index is 1.73. The lowest BCUT2D eigenvalue weighted by molar-refractivity contribution is 0.144. The number of hydrogen-bond acceptors (Lipinski definition) is 4. The first-order valence-corrected chi connectivity index (χ1v) is 8.42. The summed E-state index contributed by atoms with van der Waals surface area (Å²) < 4.78 is 0. The summed E-state index contributed by atoms with van der Waals surface area (Å²) in [5, 5.41) is 14.6. The Hall–Kier alpha value is -0.450. The summed E-state index contributed by atoms with van der Waals surface area (Å²) in [5.74, 6) is 0.452. The Bertz CT molecular complexity index is 432. The van der Waals surface area contributed by atoms with Crippen LogP contribution in [0.15, 0.2) is 0 Å². The Labute approximate surface area is 119 Å². The highest BCUT2D eigenvalue weighted by Gasteiger charge is 2.30. The largest absolute Gasteiger partial charge is 0.396 e. The van der Waals surface area contributed by atoms with Gasteiger partial charge in [-0.2, -0.15) is 0 Å². The molecule has 2 aliphatic rings. The number of aliphatic hydroxyl groups excluding tert-OH is 1. The lowest BCUT2D eigenvalue weighted by atomic mass is 9.84. The molecule has 4 heteroatoms. The van der Waals surface area contributed by atoms with Crippen LogP contribution >= 0.6 is 11.3 Å². The summed E-state index contributed by atoms with van der Waals surface area (Å²) in [6, 6.07) is 0.976. The van der Waals surface area contributed by atoms with E-state index in [2.05, 4.69) is 17.2 Å². The van der Waals surface area contributed by atoms with Crippen LogP contribution in [0.4, 0.5) is 0 Å². The summed E-state index contributed by atoms with van der Waals surface area (Å²) in [7, 11) is 0. The zero-order valence-corrected chi connectivity index (χ0v) is 12.5. The molecule has 1 fully saturated rings. The van der Waals surface area contributed by atoms with Crippen LogP contribution in [-0.4, -0.2) is 22.7 Å². The average Bonchev–Trinajstić information content (AvgIpc) is 2.81. The van der Waals surface area contributed by atoms with Gasteiger partial charge in [0.2, 0.25) is 0 Å². The second-order valence-electron chi connectivity index (χ2n) is 5.99. The number of aryl methyl sites for hydroxylation is 2. The molecule has 0 bridgehead atoms. The second kappa shape index (κ2) is 5.90. The molecule has 2 N–H and O–H groups in total. The predicted octanol–water partition coefficient (Wildman–Crippen LogP) is 2.97. The van der Waals surface area contributed by atoms with Gasteiger partial charge in [-0.3, -0.25) is 0 Å². The van der Waals surface area contributed by atoms with Gasteiger partial charge in [0, 0.05) is 23.6 Å². The maximum absolute atomic E-state index is 9.54. The highest BCUT2D eigenvalue weighted by atomic mass is 32.1. The van der Waals surface area contributed by atoms with Crippen molar-refractivity contribution in [2.75, 3.05) is 6.61 Å². The first-order chi connectivity index (χ1) is 9.28. The molecule has 3 unspecified atom stereocenters. The van der Waals surface area contributed by atoms with Gasteiger partial charge in [-0.1, -0.05) is 12.8 Å². The average molecular weight is 280 g/mol. The molecule has 106 valence electrons. The van der Waals surface area contributed by atoms with Crippen LogP contribution in [0.5, 0.6) is 0 Å². The van der Waals surface area contributed by atoms with Gasteiger partial charge < -0.3 is 10.4 Å². The summed E-state index contributed by atoms with van der Waals surface area (Å²) in [6.45, 7) is 2.44. The van der Waals surface area contributed by atoms with Gasteiger partial charge in [0.05, 0.1) is 10.7 Å². The molecule has 0 spiro atoms. The highest BCUT2D eigenvalue weighted by Crippen LogP contribution is 2.36. The fourth-order valence-electron chi connectivity index (χ4n) is 3.61. The lowest BCUT2D eigenvalue weighted by Crippen LogP contribution is -2.42. The zero-order chi connectivity index (χ0) is 13.2. The van der Waals surface area contributed by atoms with Crippen molar-refractivity contribution < 1.29 is 5.11 Å². The number of aromatic nitrogens is 1. The molecule has 0 saturated heterocycles. The van der Waals surface area contributed by atoms with Crippen molar-refractivity contribution in [3.63, 3.8) is 0 Å². The van der Waals surface area contributed by atoms with Crippen LogP contribution in [0.25, 0.3) is 0 Å². The number of nitrogens with zero attached hydrogens (tertiary/aromatic N) is 1. The molecule has 0 aliphatic heterocycles. The Morgan fingerprint density at radius 2 is 2.11 bits per heavy atom. The number of fused-ring (bicyclic) bond motifs is 1. The van der Waals surface area contributed by atoms with Gasteiger partial charge in [-0.15, -0.1) is 11.3 Å². The van der Waals surface area contributed by atoms with Gasteiger partial charge in [0.25, 0.3) is 0 Å². The van der Waals surface area contributed by atoms with E-state index < -0.39 is 0 Å². The highest BCUT2D eigenvalue weighted by molar-refractivity contribution is 7.11. The van der Waals surface area contributed by atoms with E-state index in [1.165, 1.54) is 54.1 Å². The molecule has 3 nitrogen and oxygen atoms in total. The monoisotopic (exact) mass is 280 g/mol. The van der Waals surface area contributed by atoms with Crippen LogP contribution < -0.4 is 5.32 Å². The Morgan fingerprint density at radius 1 is 1.26 bits per heavy atom. The first kappa shape index (κ1) is 13.5. The fraction of sp³-hybridized carbons (Fsp3) is 0.800. The van der Waals surface area contributed by atoms with Crippen LogP contribution in [0, 0.1) is 12.8 Å². The van der Waals surface area contributed by atoms with Crippen molar-refractivity contribution in [1.82, 2.24) is 10.3 Å². The third kappa shape index (κ3) is 2.86. The third-order valence-electron chi connectivity index (χ3n) is 4.62. The summed E-state index contributed by atoms with van der Waals surface area (Å²) >= 11 is 1.86. The Morgan fingerprint density at radius 3 is 2.95 bits per heavy atom. The van der Waals surface area contributed by atoms with E-state index >= 15 is 0 Å². The molecule has 1 aromatic rings. The number of rotatable bonds is 3. The molecular weight excluding hydrogens is 256 g/mol. The van der Waals surface area contributed by atoms with E-state index in [4.69, 9.17) is 0 Å². The van der Waals surface area contributed by atoms with Gasteiger partial charge in [0.15, 0.2) is 0 Å². The van der Waals surface area contributed by atoms with Crippen molar-refractivity contribution in [3.05, 3.63) is 15.6 Å². The molecule has 2 aliphatic carbocycles. The van der Waals surface area contributed by atoms with E-state index in [0.717, 1.165) is 6.42 Å². The number of hydrogen-bond donors (Lipinski definition) is 2. The van der Waals surface area contributed by atoms with Crippen molar-refractivity contribution in [2.45, 2.75) is 64.0 Å². The second-order valence-corrected chi connectivity index (χ2v) is 7.22.